The molecule has 1 fully saturated rings. The van der Waals surface area contributed by atoms with E-state index in [-0.39, 0.29) is 5.92 Å². The third-order valence-electron chi connectivity index (χ3n) is 2.20. The first-order valence-corrected chi connectivity index (χ1v) is 4.45. The van der Waals surface area contributed by atoms with Gasteiger partial charge < -0.3 is 4.90 Å². The van der Waals surface area contributed by atoms with Gasteiger partial charge in [-0.1, -0.05) is 6.42 Å². The lowest BCUT2D eigenvalue weighted by Crippen LogP contribution is -2.33. The molecule has 0 aromatic heterocycles. The van der Waals surface area contributed by atoms with E-state index in [1.165, 1.54) is 32.4 Å². The van der Waals surface area contributed by atoms with Gasteiger partial charge in [-0.25, -0.2) is 0 Å². The molecule has 1 aliphatic heterocycles. The van der Waals surface area contributed by atoms with Crippen LogP contribution in [0.1, 0.15) is 26.2 Å². The van der Waals surface area contributed by atoms with Gasteiger partial charge >= 0.3 is 0 Å². The maximum atomic E-state index is 8.59. The van der Waals surface area contributed by atoms with Crippen molar-refractivity contribution in [2.45, 2.75) is 26.2 Å². The average Bonchev–Trinajstić information content (AvgIpc) is 2.06. The molecule has 62 valence electrons. The number of rotatable bonds is 2. The van der Waals surface area contributed by atoms with Crippen LogP contribution in [0.4, 0.5) is 0 Å². The summed E-state index contributed by atoms with van der Waals surface area (Å²) in [6.45, 7) is 5.36. The molecule has 1 saturated heterocycles. The number of piperidine rings is 1. The summed E-state index contributed by atoms with van der Waals surface area (Å²) in [5.41, 5.74) is 0. The van der Waals surface area contributed by atoms with Gasteiger partial charge in [0, 0.05) is 6.54 Å². The highest BCUT2D eigenvalue weighted by molar-refractivity contribution is 4.82. The summed E-state index contributed by atoms with van der Waals surface area (Å²) in [4.78, 5) is 2.40. The molecule has 0 N–H and O–H groups in total. The largest absolute Gasteiger partial charge is 0.302 e. The van der Waals surface area contributed by atoms with E-state index in [4.69, 9.17) is 5.26 Å². The van der Waals surface area contributed by atoms with E-state index in [0.717, 1.165) is 6.54 Å². The number of nitrogens with zero attached hydrogens (tertiary/aromatic N) is 2. The fourth-order valence-electron chi connectivity index (χ4n) is 1.57. The minimum Gasteiger partial charge on any atom is -0.302 e. The third-order valence-corrected chi connectivity index (χ3v) is 2.20. The summed E-state index contributed by atoms with van der Waals surface area (Å²) in [7, 11) is 0. The SMILES string of the molecule is C[C@H](C#N)CN1CCCCC1. The van der Waals surface area contributed by atoms with Crippen molar-refractivity contribution in [2.75, 3.05) is 19.6 Å². The van der Waals surface area contributed by atoms with Crippen LogP contribution in [-0.4, -0.2) is 24.5 Å². The molecular weight excluding hydrogens is 136 g/mol. The molecule has 1 atom stereocenters. The average molecular weight is 152 g/mol. The zero-order chi connectivity index (χ0) is 8.10. The van der Waals surface area contributed by atoms with Gasteiger partial charge in [0.2, 0.25) is 0 Å². The van der Waals surface area contributed by atoms with Crippen LogP contribution in [0.2, 0.25) is 0 Å². The molecule has 0 radical (unpaired) electrons. The van der Waals surface area contributed by atoms with Gasteiger partial charge in [0.15, 0.2) is 0 Å². The molecule has 1 rings (SSSR count). The van der Waals surface area contributed by atoms with Gasteiger partial charge in [-0.2, -0.15) is 5.26 Å². The van der Waals surface area contributed by atoms with E-state index in [1.54, 1.807) is 0 Å². The summed E-state index contributed by atoms with van der Waals surface area (Å²) in [5.74, 6) is 0.202. The fourth-order valence-corrected chi connectivity index (χ4v) is 1.57. The van der Waals surface area contributed by atoms with Crippen molar-refractivity contribution >= 4 is 0 Å². The molecule has 1 aliphatic rings. The van der Waals surface area contributed by atoms with Crippen molar-refractivity contribution in [1.82, 2.24) is 4.90 Å². The third kappa shape index (κ3) is 2.90. The first kappa shape index (κ1) is 8.55. The normalized spacial score (nSPS) is 22.5. The Hall–Kier alpha value is -0.550. The lowest BCUT2D eigenvalue weighted by Gasteiger charge is -2.26. The van der Waals surface area contributed by atoms with Gasteiger partial charge in [-0.15, -0.1) is 0 Å². The summed E-state index contributed by atoms with van der Waals surface area (Å²) in [6.07, 6.45) is 4.01. The van der Waals surface area contributed by atoms with Crippen molar-refractivity contribution in [3.05, 3.63) is 0 Å². The van der Waals surface area contributed by atoms with Crippen LogP contribution in [0.25, 0.3) is 0 Å². The molecule has 0 unspecified atom stereocenters. The summed E-state index contributed by atoms with van der Waals surface area (Å²) >= 11 is 0. The minimum atomic E-state index is 0.202. The molecule has 0 aromatic carbocycles. The Morgan fingerprint density at radius 2 is 2.00 bits per heavy atom. The second-order valence-corrected chi connectivity index (χ2v) is 3.39. The van der Waals surface area contributed by atoms with E-state index in [1.807, 2.05) is 6.92 Å². The summed E-state index contributed by atoms with van der Waals surface area (Å²) in [6, 6.07) is 2.27. The molecule has 2 nitrogen and oxygen atoms in total. The Morgan fingerprint density at radius 1 is 1.36 bits per heavy atom. The van der Waals surface area contributed by atoms with Crippen molar-refractivity contribution in [2.24, 2.45) is 5.92 Å². The van der Waals surface area contributed by atoms with Crippen LogP contribution in [-0.2, 0) is 0 Å². The first-order chi connectivity index (χ1) is 5.33. The number of nitriles is 1. The zero-order valence-corrected chi connectivity index (χ0v) is 7.21. The maximum Gasteiger partial charge on any atom is 0.0666 e. The molecule has 11 heavy (non-hydrogen) atoms. The topological polar surface area (TPSA) is 27.0 Å². The van der Waals surface area contributed by atoms with Gasteiger partial charge in [0.05, 0.1) is 12.0 Å². The predicted octanol–water partition coefficient (Wildman–Crippen LogP) is 1.63. The highest BCUT2D eigenvalue weighted by atomic mass is 15.1. The van der Waals surface area contributed by atoms with Crippen LogP contribution < -0.4 is 0 Å². The molecule has 0 aromatic rings. The number of likely N-dealkylation sites (tertiary alicyclic amines) is 1. The van der Waals surface area contributed by atoms with Crippen LogP contribution in [0, 0.1) is 17.2 Å². The quantitative estimate of drug-likeness (QED) is 0.601. The second kappa shape index (κ2) is 4.35. The molecule has 1 heterocycles. The van der Waals surface area contributed by atoms with Gasteiger partial charge in [0.1, 0.15) is 0 Å². The van der Waals surface area contributed by atoms with Crippen LogP contribution in [0.15, 0.2) is 0 Å². The van der Waals surface area contributed by atoms with E-state index in [2.05, 4.69) is 11.0 Å². The predicted molar refractivity (Wildman–Crippen MR) is 45.1 cm³/mol. The Kier molecular flexibility index (Phi) is 3.38. The Bertz CT molecular complexity index is 142. The lowest BCUT2D eigenvalue weighted by atomic mass is 10.1. The molecule has 0 saturated carbocycles. The first-order valence-electron chi connectivity index (χ1n) is 4.45. The van der Waals surface area contributed by atoms with Gasteiger partial charge in [-0.05, 0) is 32.9 Å². The zero-order valence-electron chi connectivity index (χ0n) is 7.21. The van der Waals surface area contributed by atoms with Crippen molar-refractivity contribution < 1.29 is 0 Å². The van der Waals surface area contributed by atoms with E-state index in [0.29, 0.717) is 0 Å². The highest BCUT2D eigenvalue weighted by Gasteiger charge is 2.12. The van der Waals surface area contributed by atoms with Crippen molar-refractivity contribution in [3.63, 3.8) is 0 Å². The van der Waals surface area contributed by atoms with Gasteiger partial charge in [0.25, 0.3) is 0 Å². The van der Waals surface area contributed by atoms with Crippen LogP contribution in [0.5, 0.6) is 0 Å². The standard InChI is InChI=1S/C9H16N2/c1-9(7-10)8-11-5-3-2-4-6-11/h9H,2-6,8H2,1H3/t9-/m1/s1. The van der Waals surface area contributed by atoms with E-state index in [9.17, 15) is 0 Å². The molecule has 0 spiro atoms. The van der Waals surface area contributed by atoms with Crippen molar-refractivity contribution in [3.8, 4) is 6.07 Å². The Labute approximate surface area is 68.8 Å². The maximum absolute atomic E-state index is 8.59. The smallest absolute Gasteiger partial charge is 0.0666 e. The van der Waals surface area contributed by atoms with Gasteiger partial charge in [-0.3, -0.25) is 0 Å². The highest BCUT2D eigenvalue weighted by Crippen LogP contribution is 2.10. The molecular formula is C9H16N2. The summed E-state index contributed by atoms with van der Waals surface area (Å²) < 4.78 is 0. The van der Waals surface area contributed by atoms with Crippen molar-refractivity contribution in [1.29, 1.82) is 5.26 Å². The minimum absolute atomic E-state index is 0.202. The van der Waals surface area contributed by atoms with E-state index < -0.39 is 0 Å². The van der Waals surface area contributed by atoms with Crippen LogP contribution >= 0.6 is 0 Å². The Morgan fingerprint density at radius 3 is 2.55 bits per heavy atom. The Balaban J connectivity index is 2.20. The monoisotopic (exact) mass is 152 g/mol. The number of hydrogen-bond acceptors (Lipinski definition) is 2. The molecule has 0 bridgehead atoms. The molecule has 2 heteroatoms. The van der Waals surface area contributed by atoms with E-state index >= 15 is 0 Å². The molecule has 0 amide bonds. The summed E-state index contributed by atoms with van der Waals surface area (Å²) in [5, 5.41) is 8.59. The van der Waals surface area contributed by atoms with Crippen LogP contribution in [0.3, 0.4) is 0 Å². The fraction of sp³-hybridized carbons (Fsp3) is 0.889. The second-order valence-electron chi connectivity index (χ2n) is 3.39. The molecule has 0 aliphatic carbocycles. The lowest BCUT2D eigenvalue weighted by molar-refractivity contribution is 0.215. The number of hydrogen-bond donors (Lipinski definition) is 0.